The van der Waals surface area contributed by atoms with Crippen LogP contribution in [0, 0.1) is 0 Å². The van der Waals surface area contributed by atoms with Crippen molar-refractivity contribution in [3.05, 3.63) is 48.8 Å². The first-order valence-electron chi connectivity index (χ1n) is 6.71. The van der Waals surface area contributed by atoms with Crippen molar-refractivity contribution in [1.29, 1.82) is 0 Å². The Balaban J connectivity index is 1.97. The molecular formula is C15H15N5S. The van der Waals surface area contributed by atoms with Crippen LogP contribution < -0.4 is 5.32 Å². The molecule has 3 rings (SSSR count). The van der Waals surface area contributed by atoms with Crippen LogP contribution in [0.3, 0.4) is 0 Å². The molecule has 2 heterocycles. The van der Waals surface area contributed by atoms with Gasteiger partial charge in [-0.05, 0) is 18.7 Å². The summed E-state index contributed by atoms with van der Waals surface area (Å²) in [6, 6.07) is 11.9. The van der Waals surface area contributed by atoms with Crippen molar-refractivity contribution in [2.24, 2.45) is 0 Å². The van der Waals surface area contributed by atoms with E-state index < -0.39 is 0 Å². The molecule has 0 atom stereocenters. The summed E-state index contributed by atoms with van der Waals surface area (Å²) in [7, 11) is 0. The monoisotopic (exact) mass is 297 g/mol. The average Bonchev–Trinajstić information content (AvgIpc) is 3.01. The molecule has 1 aromatic carbocycles. The van der Waals surface area contributed by atoms with Gasteiger partial charge in [0, 0.05) is 30.6 Å². The van der Waals surface area contributed by atoms with Crippen molar-refractivity contribution in [1.82, 2.24) is 19.9 Å². The fourth-order valence-corrected chi connectivity index (χ4v) is 2.61. The van der Waals surface area contributed by atoms with E-state index in [0.717, 1.165) is 28.1 Å². The van der Waals surface area contributed by atoms with Crippen molar-refractivity contribution in [2.75, 3.05) is 11.9 Å². The molecule has 0 aliphatic carbocycles. The summed E-state index contributed by atoms with van der Waals surface area (Å²) in [5.74, 6) is 1.53. The zero-order valence-electron chi connectivity index (χ0n) is 11.6. The first kappa shape index (κ1) is 13.6. The Morgan fingerprint density at radius 3 is 2.76 bits per heavy atom. The van der Waals surface area contributed by atoms with Gasteiger partial charge in [0.15, 0.2) is 11.0 Å². The molecule has 2 aromatic heterocycles. The summed E-state index contributed by atoms with van der Waals surface area (Å²) >= 11 is 1.49. The van der Waals surface area contributed by atoms with E-state index in [0.29, 0.717) is 5.82 Å². The third kappa shape index (κ3) is 3.41. The van der Waals surface area contributed by atoms with E-state index in [1.807, 2.05) is 43.3 Å². The Labute approximate surface area is 127 Å². The highest BCUT2D eigenvalue weighted by molar-refractivity contribution is 7.99. The molecule has 6 heteroatoms. The first-order valence-corrected chi connectivity index (χ1v) is 7.52. The summed E-state index contributed by atoms with van der Waals surface area (Å²) < 4.78 is 0. The van der Waals surface area contributed by atoms with E-state index >= 15 is 0 Å². The number of imidazole rings is 1. The van der Waals surface area contributed by atoms with E-state index in [1.165, 1.54) is 11.8 Å². The van der Waals surface area contributed by atoms with Gasteiger partial charge in [-0.3, -0.25) is 0 Å². The second-order valence-electron chi connectivity index (χ2n) is 4.31. The summed E-state index contributed by atoms with van der Waals surface area (Å²) in [6.45, 7) is 2.86. The van der Waals surface area contributed by atoms with Crippen LogP contribution in [0.5, 0.6) is 0 Å². The Morgan fingerprint density at radius 1 is 1.19 bits per heavy atom. The summed E-state index contributed by atoms with van der Waals surface area (Å²) in [6.07, 6.45) is 3.53. The molecular weight excluding hydrogens is 282 g/mol. The van der Waals surface area contributed by atoms with Gasteiger partial charge in [0.05, 0.1) is 0 Å². The molecule has 106 valence electrons. The minimum absolute atomic E-state index is 0.711. The second kappa shape index (κ2) is 6.41. The molecule has 0 saturated heterocycles. The van der Waals surface area contributed by atoms with Gasteiger partial charge in [0.25, 0.3) is 0 Å². The topological polar surface area (TPSA) is 66.5 Å². The zero-order valence-corrected chi connectivity index (χ0v) is 12.4. The van der Waals surface area contributed by atoms with Crippen molar-refractivity contribution in [3.63, 3.8) is 0 Å². The van der Waals surface area contributed by atoms with Crippen molar-refractivity contribution >= 4 is 17.6 Å². The highest BCUT2D eigenvalue weighted by Crippen LogP contribution is 2.27. The van der Waals surface area contributed by atoms with Gasteiger partial charge >= 0.3 is 0 Å². The number of aromatic nitrogens is 4. The van der Waals surface area contributed by atoms with Crippen molar-refractivity contribution in [2.45, 2.75) is 17.1 Å². The van der Waals surface area contributed by atoms with Gasteiger partial charge in [-0.25, -0.2) is 15.0 Å². The Morgan fingerprint density at radius 2 is 2.05 bits per heavy atom. The molecule has 0 spiro atoms. The second-order valence-corrected chi connectivity index (χ2v) is 5.32. The van der Waals surface area contributed by atoms with Gasteiger partial charge in [-0.15, -0.1) is 0 Å². The summed E-state index contributed by atoms with van der Waals surface area (Å²) in [5.41, 5.74) is 0.999. The Hall–Kier alpha value is -2.34. The quantitative estimate of drug-likeness (QED) is 0.706. The fourth-order valence-electron chi connectivity index (χ4n) is 1.87. The SMILES string of the molecule is CCNc1cc(Sc2ncc[nH]2)nc(-c2ccccc2)n1. The average molecular weight is 297 g/mol. The molecule has 0 fully saturated rings. The van der Waals surface area contributed by atoms with Gasteiger partial charge in [-0.1, -0.05) is 30.3 Å². The first-order chi connectivity index (χ1) is 10.3. The van der Waals surface area contributed by atoms with E-state index in [4.69, 9.17) is 0 Å². The number of H-pyrrole nitrogens is 1. The van der Waals surface area contributed by atoms with Crippen LogP contribution in [0.15, 0.2) is 59.0 Å². The molecule has 0 bridgehead atoms. The molecule has 0 unspecified atom stereocenters. The molecule has 2 N–H and O–H groups in total. The molecule has 0 amide bonds. The van der Waals surface area contributed by atoms with E-state index in [1.54, 1.807) is 12.4 Å². The predicted molar refractivity (Wildman–Crippen MR) is 84.3 cm³/mol. The minimum Gasteiger partial charge on any atom is -0.370 e. The van der Waals surface area contributed by atoms with Gasteiger partial charge in [0.1, 0.15) is 10.8 Å². The Kier molecular flexibility index (Phi) is 4.16. The number of aromatic amines is 1. The van der Waals surface area contributed by atoms with Gasteiger partial charge in [-0.2, -0.15) is 0 Å². The molecule has 0 aliphatic rings. The maximum Gasteiger partial charge on any atom is 0.171 e. The maximum absolute atomic E-state index is 4.61. The number of rotatable bonds is 5. The highest BCUT2D eigenvalue weighted by atomic mass is 32.2. The van der Waals surface area contributed by atoms with Crippen LogP contribution in [-0.4, -0.2) is 26.5 Å². The fraction of sp³-hybridized carbons (Fsp3) is 0.133. The highest BCUT2D eigenvalue weighted by Gasteiger charge is 2.08. The minimum atomic E-state index is 0.711. The van der Waals surface area contributed by atoms with Gasteiger partial charge in [0.2, 0.25) is 0 Å². The summed E-state index contributed by atoms with van der Waals surface area (Å²) in [4.78, 5) is 16.5. The van der Waals surface area contributed by atoms with Crippen LogP contribution in [0.1, 0.15) is 6.92 Å². The number of hydrogen-bond donors (Lipinski definition) is 2. The standard InChI is InChI=1S/C15H15N5S/c1-2-16-12-10-13(21-15-17-8-9-18-15)20-14(19-12)11-6-4-3-5-7-11/h3-10H,2H2,1H3,(H,17,18)(H,16,19,20). The lowest BCUT2D eigenvalue weighted by Crippen LogP contribution is -2.02. The number of hydrogen-bond acceptors (Lipinski definition) is 5. The summed E-state index contributed by atoms with van der Waals surface area (Å²) in [5, 5.41) is 4.91. The normalized spacial score (nSPS) is 10.5. The van der Waals surface area contributed by atoms with Crippen molar-refractivity contribution < 1.29 is 0 Å². The Bertz CT molecular complexity index is 697. The predicted octanol–water partition coefficient (Wildman–Crippen LogP) is 3.45. The molecule has 21 heavy (non-hydrogen) atoms. The molecule has 5 nitrogen and oxygen atoms in total. The van der Waals surface area contributed by atoms with Gasteiger partial charge < -0.3 is 10.3 Å². The number of nitrogens with zero attached hydrogens (tertiary/aromatic N) is 3. The third-order valence-corrected chi connectivity index (χ3v) is 3.60. The molecule has 0 aliphatic heterocycles. The molecule has 3 aromatic rings. The van der Waals surface area contributed by atoms with Crippen LogP contribution in [0.2, 0.25) is 0 Å². The van der Waals surface area contributed by atoms with E-state index in [9.17, 15) is 0 Å². The van der Waals surface area contributed by atoms with Crippen molar-refractivity contribution in [3.8, 4) is 11.4 Å². The molecule has 0 saturated carbocycles. The lowest BCUT2D eigenvalue weighted by Gasteiger charge is -2.08. The molecule has 0 radical (unpaired) electrons. The number of benzene rings is 1. The maximum atomic E-state index is 4.61. The smallest absolute Gasteiger partial charge is 0.171 e. The van der Waals surface area contributed by atoms with E-state index in [-0.39, 0.29) is 0 Å². The van der Waals surface area contributed by atoms with Crippen LogP contribution in [0.4, 0.5) is 5.82 Å². The van der Waals surface area contributed by atoms with Crippen LogP contribution >= 0.6 is 11.8 Å². The van der Waals surface area contributed by atoms with Crippen LogP contribution in [-0.2, 0) is 0 Å². The number of nitrogens with one attached hydrogen (secondary N) is 2. The van der Waals surface area contributed by atoms with Crippen LogP contribution in [0.25, 0.3) is 11.4 Å². The third-order valence-electron chi connectivity index (χ3n) is 2.77. The zero-order chi connectivity index (χ0) is 14.5. The lowest BCUT2D eigenvalue weighted by atomic mass is 10.2. The largest absolute Gasteiger partial charge is 0.370 e. The lowest BCUT2D eigenvalue weighted by molar-refractivity contribution is 1.01. The van der Waals surface area contributed by atoms with E-state index in [2.05, 4.69) is 25.3 Å². The number of anilines is 1.